The molecule has 2 aromatic heterocycles. The molecule has 0 atom stereocenters. The smallest absolute Gasteiger partial charge is 0.147 e. The van der Waals surface area contributed by atoms with Crippen LogP contribution in [0.15, 0.2) is 36.9 Å². The first-order valence-electron chi connectivity index (χ1n) is 7.07. The molecule has 3 heterocycles. The minimum Gasteiger partial charge on any atom is -0.497 e. The van der Waals surface area contributed by atoms with Crippen LogP contribution < -0.4 is 9.64 Å². The zero-order valence-electron chi connectivity index (χ0n) is 12.1. The number of pyridine rings is 1. The Kier molecular flexibility index (Phi) is 4.25. The van der Waals surface area contributed by atoms with Gasteiger partial charge in [0.15, 0.2) is 0 Å². The second-order valence-electron chi connectivity index (χ2n) is 5.01. The quantitative estimate of drug-likeness (QED) is 0.841. The molecule has 2 aromatic rings. The predicted octanol–water partition coefficient (Wildman–Crippen LogP) is 1.20. The monoisotopic (exact) mass is 285 g/mol. The first-order chi connectivity index (χ1) is 10.3. The lowest BCUT2D eigenvalue weighted by molar-refractivity contribution is 0.246. The van der Waals surface area contributed by atoms with Crippen molar-refractivity contribution >= 4 is 5.82 Å². The van der Waals surface area contributed by atoms with E-state index in [1.54, 1.807) is 25.7 Å². The Hall–Kier alpha value is -2.21. The second-order valence-corrected chi connectivity index (χ2v) is 5.01. The standard InChI is InChI=1S/C15H19N5O/c1-21-14-2-3-17-13(10-14)12-19-6-8-20(9-7-19)15-11-16-4-5-18-15/h2-5,10-11H,6-9,12H2,1H3. The van der Waals surface area contributed by atoms with Gasteiger partial charge in [-0.1, -0.05) is 0 Å². The zero-order valence-corrected chi connectivity index (χ0v) is 12.1. The fraction of sp³-hybridized carbons (Fsp3) is 0.400. The lowest BCUT2D eigenvalue weighted by atomic mass is 10.2. The summed E-state index contributed by atoms with van der Waals surface area (Å²) in [6.45, 7) is 4.77. The van der Waals surface area contributed by atoms with Crippen LogP contribution in [-0.4, -0.2) is 53.1 Å². The number of piperazine rings is 1. The largest absolute Gasteiger partial charge is 0.497 e. The third-order valence-corrected chi connectivity index (χ3v) is 3.66. The number of nitrogens with zero attached hydrogens (tertiary/aromatic N) is 5. The highest BCUT2D eigenvalue weighted by atomic mass is 16.5. The zero-order chi connectivity index (χ0) is 14.5. The van der Waals surface area contributed by atoms with E-state index in [1.807, 2.05) is 18.3 Å². The van der Waals surface area contributed by atoms with Crippen molar-refractivity contribution in [3.63, 3.8) is 0 Å². The minimum absolute atomic E-state index is 0.853. The molecule has 0 N–H and O–H groups in total. The van der Waals surface area contributed by atoms with E-state index in [2.05, 4.69) is 24.8 Å². The molecule has 0 bridgehead atoms. The summed E-state index contributed by atoms with van der Waals surface area (Å²) in [7, 11) is 1.68. The van der Waals surface area contributed by atoms with Crippen LogP contribution in [0.5, 0.6) is 5.75 Å². The molecule has 1 aliphatic rings. The van der Waals surface area contributed by atoms with E-state index < -0.39 is 0 Å². The molecule has 0 amide bonds. The Bertz CT molecular complexity index is 569. The summed E-state index contributed by atoms with van der Waals surface area (Å²) in [5, 5.41) is 0. The van der Waals surface area contributed by atoms with Crippen molar-refractivity contribution in [2.75, 3.05) is 38.2 Å². The van der Waals surface area contributed by atoms with Crippen LogP contribution in [0.25, 0.3) is 0 Å². The van der Waals surface area contributed by atoms with Crippen molar-refractivity contribution in [2.24, 2.45) is 0 Å². The first-order valence-corrected chi connectivity index (χ1v) is 7.07. The summed E-state index contributed by atoms with van der Waals surface area (Å²) in [5.74, 6) is 1.81. The van der Waals surface area contributed by atoms with Crippen molar-refractivity contribution in [1.82, 2.24) is 19.9 Å². The van der Waals surface area contributed by atoms with Crippen LogP contribution in [0, 0.1) is 0 Å². The highest BCUT2D eigenvalue weighted by Crippen LogP contribution is 2.15. The van der Waals surface area contributed by atoms with Gasteiger partial charge in [-0.2, -0.15) is 0 Å². The molecule has 3 rings (SSSR count). The van der Waals surface area contributed by atoms with Crippen LogP contribution in [-0.2, 0) is 6.54 Å². The van der Waals surface area contributed by atoms with Gasteiger partial charge in [-0.05, 0) is 6.07 Å². The van der Waals surface area contributed by atoms with Crippen molar-refractivity contribution in [2.45, 2.75) is 6.54 Å². The van der Waals surface area contributed by atoms with E-state index in [9.17, 15) is 0 Å². The molecule has 1 saturated heterocycles. The van der Waals surface area contributed by atoms with Crippen molar-refractivity contribution in [3.05, 3.63) is 42.6 Å². The van der Waals surface area contributed by atoms with Gasteiger partial charge in [0.1, 0.15) is 11.6 Å². The van der Waals surface area contributed by atoms with Gasteiger partial charge in [0.25, 0.3) is 0 Å². The van der Waals surface area contributed by atoms with Crippen LogP contribution in [0.4, 0.5) is 5.82 Å². The maximum atomic E-state index is 5.24. The maximum absolute atomic E-state index is 5.24. The molecular weight excluding hydrogens is 266 g/mol. The SMILES string of the molecule is COc1ccnc(CN2CCN(c3cnccn3)CC2)c1. The van der Waals surface area contributed by atoms with Gasteiger partial charge in [0.05, 0.1) is 19.0 Å². The Labute approximate surface area is 124 Å². The predicted molar refractivity (Wildman–Crippen MR) is 80.3 cm³/mol. The summed E-state index contributed by atoms with van der Waals surface area (Å²) >= 11 is 0. The Morgan fingerprint density at radius 1 is 1.10 bits per heavy atom. The summed E-state index contributed by atoms with van der Waals surface area (Å²) in [6.07, 6.45) is 7.05. The molecule has 0 radical (unpaired) electrons. The lowest BCUT2D eigenvalue weighted by Gasteiger charge is -2.34. The number of hydrogen-bond donors (Lipinski definition) is 0. The first kappa shape index (κ1) is 13.8. The van der Waals surface area contributed by atoms with Gasteiger partial charge in [-0.3, -0.25) is 14.9 Å². The van der Waals surface area contributed by atoms with Crippen LogP contribution in [0.2, 0.25) is 0 Å². The van der Waals surface area contributed by atoms with Crippen LogP contribution in [0.3, 0.4) is 0 Å². The van der Waals surface area contributed by atoms with Gasteiger partial charge in [-0.25, -0.2) is 4.98 Å². The van der Waals surface area contributed by atoms with Crippen molar-refractivity contribution in [1.29, 1.82) is 0 Å². The van der Waals surface area contributed by atoms with E-state index >= 15 is 0 Å². The number of hydrogen-bond acceptors (Lipinski definition) is 6. The topological polar surface area (TPSA) is 54.4 Å². The third-order valence-electron chi connectivity index (χ3n) is 3.66. The van der Waals surface area contributed by atoms with Gasteiger partial charge in [-0.15, -0.1) is 0 Å². The number of anilines is 1. The molecule has 0 aliphatic carbocycles. The average Bonchev–Trinajstić information content (AvgIpc) is 2.56. The Morgan fingerprint density at radius 2 is 1.95 bits per heavy atom. The number of aromatic nitrogens is 3. The molecular formula is C15H19N5O. The summed E-state index contributed by atoms with van der Waals surface area (Å²) in [6, 6.07) is 3.87. The molecule has 6 nitrogen and oxygen atoms in total. The van der Waals surface area contributed by atoms with E-state index in [-0.39, 0.29) is 0 Å². The molecule has 1 aliphatic heterocycles. The summed E-state index contributed by atoms with van der Waals surface area (Å²) < 4.78 is 5.24. The lowest BCUT2D eigenvalue weighted by Crippen LogP contribution is -2.46. The Balaban J connectivity index is 1.56. The minimum atomic E-state index is 0.853. The van der Waals surface area contributed by atoms with E-state index in [0.717, 1.165) is 50.0 Å². The molecule has 6 heteroatoms. The molecule has 1 fully saturated rings. The Morgan fingerprint density at radius 3 is 2.67 bits per heavy atom. The van der Waals surface area contributed by atoms with Gasteiger partial charge < -0.3 is 9.64 Å². The highest BCUT2D eigenvalue weighted by molar-refractivity contribution is 5.35. The van der Waals surface area contributed by atoms with Gasteiger partial charge in [0, 0.05) is 57.4 Å². The van der Waals surface area contributed by atoms with Crippen LogP contribution >= 0.6 is 0 Å². The van der Waals surface area contributed by atoms with Gasteiger partial charge >= 0.3 is 0 Å². The van der Waals surface area contributed by atoms with E-state index in [1.165, 1.54) is 0 Å². The summed E-state index contributed by atoms with van der Waals surface area (Å²) in [5.41, 5.74) is 1.04. The second kappa shape index (κ2) is 6.49. The molecule has 110 valence electrons. The number of rotatable bonds is 4. The van der Waals surface area contributed by atoms with Crippen LogP contribution in [0.1, 0.15) is 5.69 Å². The fourth-order valence-electron chi connectivity index (χ4n) is 2.49. The molecule has 0 aromatic carbocycles. The number of methoxy groups -OCH3 is 1. The third kappa shape index (κ3) is 3.46. The van der Waals surface area contributed by atoms with E-state index in [4.69, 9.17) is 4.74 Å². The number of ether oxygens (including phenoxy) is 1. The molecule has 21 heavy (non-hydrogen) atoms. The average molecular weight is 285 g/mol. The van der Waals surface area contributed by atoms with Crippen molar-refractivity contribution < 1.29 is 4.74 Å². The normalized spacial score (nSPS) is 16.0. The van der Waals surface area contributed by atoms with E-state index in [0.29, 0.717) is 0 Å². The highest BCUT2D eigenvalue weighted by Gasteiger charge is 2.18. The molecule has 0 unspecified atom stereocenters. The van der Waals surface area contributed by atoms with Gasteiger partial charge in [0.2, 0.25) is 0 Å². The maximum Gasteiger partial charge on any atom is 0.147 e. The summed E-state index contributed by atoms with van der Waals surface area (Å²) in [4.78, 5) is 17.5. The molecule has 0 spiro atoms. The molecule has 0 saturated carbocycles. The van der Waals surface area contributed by atoms with Crippen molar-refractivity contribution in [3.8, 4) is 5.75 Å². The fourth-order valence-corrected chi connectivity index (χ4v) is 2.49.